The number of nitrogens with zero attached hydrogens (tertiary/aromatic N) is 2. The van der Waals surface area contributed by atoms with E-state index in [-0.39, 0.29) is 0 Å². The van der Waals surface area contributed by atoms with Gasteiger partial charge < -0.3 is 4.57 Å². The van der Waals surface area contributed by atoms with Gasteiger partial charge in [0.05, 0.1) is 0 Å². The molecule has 1 heterocycles. The van der Waals surface area contributed by atoms with Crippen LogP contribution in [-0.2, 0) is 0 Å². The molecule has 0 aliphatic carbocycles. The Morgan fingerprint density at radius 2 is 2.07 bits per heavy atom. The molecule has 0 bridgehead atoms. The first-order valence-corrected chi connectivity index (χ1v) is 6.25. The minimum absolute atomic E-state index is 0.529. The van der Waals surface area contributed by atoms with Crippen LogP contribution in [0.25, 0.3) is 0 Å². The highest BCUT2D eigenvalue weighted by molar-refractivity contribution is 7.71. The van der Waals surface area contributed by atoms with Crippen LogP contribution in [0.3, 0.4) is 0 Å². The first-order chi connectivity index (χ1) is 7.20. The topological polar surface area (TPSA) is 33.6 Å². The summed E-state index contributed by atoms with van der Waals surface area (Å²) in [4.78, 5) is 0. The highest BCUT2D eigenvalue weighted by atomic mass is 32.1. The van der Waals surface area contributed by atoms with E-state index in [9.17, 15) is 0 Å². The van der Waals surface area contributed by atoms with Crippen molar-refractivity contribution < 1.29 is 0 Å². The van der Waals surface area contributed by atoms with Crippen molar-refractivity contribution in [2.24, 2.45) is 0 Å². The Kier molecular flexibility index (Phi) is 5.02. The van der Waals surface area contributed by atoms with Gasteiger partial charge >= 0.3 is 0 Å². The third kappa shape index (κ3) is 3.16. The number of rotatable bonds is 6. The number of aromatic amines is 1. The number of unbranched alkanes of at least 4 members (excludes halogenated alkanes) is 1. The van der Waals surface area contributed by atoms with E-state index >= 15 is 0 Å². The molecule has 1 N–H and O–H groups in total. The molecule has 0 fully saturated rings. The van der Waals surface area contributed by atoms with E-state index in [1.54, 1.807) is 0 Å². The van der Waals surface area contributed by atoms with Crippen molar-refractivity contribution in [2.45, 2.75) is 58.9 Å². The van der Waals surface area contributed by atoms with Gasteiger partial charge in [0.1, 0.15) is 5.82 Å². The molecule has 0 aliphatic heterocycles. The Morgan fingerprint density at radius 3 is 2.53 bits per heavy atom. The first-order valence-electron chi connectivity index (χ1n) is 5.84. The van der Waals surface area contributed by atoms with E-state index in [2.05, 4.69) is 28.6 Å². The molecule has 1 rings (SSSR count). The predicted octanol–water partition coefficient (Wildman–Crippen LogP) is 3.78. The van der Waals surface area contributed by atoms with Crippen LogP contribution in [0, 0.1) is 11.7 Å². The summed E-state index contributed by atoms with van der Waals surface area (Å²) in [7, 11) is 0. The molecular weight excluding hydrogens is 206 g/mol. The van der Waals surface area contributed by atoms with E-state index in [0.29, 0.717) is 6.04 Å². The summed E-state index contributed by atoms with van der Waals surface area (Å²) in [5, 5.41) is 7.04. The lowest BCUT2D eigenvalue weighted by Crippen LogP contribution is -2.11. The van der Waals surface area contributed by atoms with Gasteiger partial charge in [-0.2, -0.15) is 5.10 Å². The second-order valence-corrected chi connectivity index (χ2v) is 4.42. The lowest BCUT2D eigenvalue weighted by Gasteiger charge is -2.18. The van der Waals surface area contributed by atoms with Crippen molar-refractivity contribution >= 4 is 12.2 Å². The molecule has 0 aromatic carbocycles. The van der Waals surface area contributed by atoms with E-state index in [1.165, 1.54) is 32.1 Å². The van der Waals surface area contributed by atoms with Crippen LogP contribution in [0.15, 0.2) is 0 Å². The number of H-pyrrole nitrogens is 1. The van der Waals surface area contributed by atoms with Gasteiger partial charge in [0.15, 0.2) is 4.77 Å². The van der Waals surface area contributed by atoms with Crippen LogP contribution in [0.1, 0.15) is 57.8 Å². The smallest absolute Gasteiger partial charge is 0.195 e. The van der Waals surface area contributed by atoms with Gasteiger partial charge in [0.25, 0.3) is 0 Å². The standard InChI is InChI=1S/C11H21N3S/c1-4-6-8-10(7-5-2)14-9(3)12-13-11(14)15/h10H,4-8H2,1-3H3,(H,13,15). The average molecular weight is 227 g/mol. The van der Waals surface area contributed by atoms with Crippen molar-refractivity contribution in [1.29, 1.82) is 0 Å². The van der Waals surface area contributed by atoms with Gasteiger partial charge in [-0.05, 0) is 32.0 Å². The number of aryl methyl sites for hydroxylation is 1. The lowest BCUT2D eigenvalue weighted by atomic mass is 10.1. The van der Waals surface area contributed by atoms with E-state index in [0.717, 1.165) is 10.6 Å². The molecule has 0 saturated heterocycles. The highest BCUT2D eigenvalue weighted by Crippen LogP contribution is 2.22. The molecule has 0 radical (unpaired) electrons. The normalized spacial score (nSPS) is 13.0. The Labute approximate surface area is 96.9 Å². The quantitative estimate of drug-likeness (QED) is 0.750. The van der Waals surface area contributed by atoms with Crippen LogP contribution >= 0.6 is 12.2 Å². The van der Waals surface area contributed by atoms with E-state index < -0.39 is 0 Å². The van der Waals surface area contributed by atoms with Crippen LogP contribution < -0.4 is 0 Å². The minimum Gasteiger partial charge on any atom is -0.301 e. The third-order valence-corrected chi connectivity index (χ3v) is 3.05. The van der Waals surface area contributed by atoms with Gasteiger partial charge in [-0.1, -0.05) is 33.1 Å². The number of nitrogens with one attached hydrogen (secondary N) is 1. The third-order valence-electron chi connectivity index (χ3n) is 2.76. The summed E-state index contributed by atoms with van der Waals surface area (Å²) in [6.07, 6.45) is 6.09. The summed E-state index contributed by atoms with van der Waals surface area (Å²) in [5.74, 6) is 1.01. The van der Waals surface area contributed by atoms with Crippen molar-refractivity contribution in [3.05, 3.63) is 10.6 Å². The van der Waals surface area contributed by atoms with Crippen molar-refractivity contribution in [3.8, 4) is 0 Å². The van der Waals surface area contributed by atoms with E-state index in [1.807, 2.05) is 6.92 Å². The zero-order chi connectivity index (χ0) is 11.3. The minimum atomic E-state index is 0.529. The summed E-state index contributed by atoms with van der Waals surface area (Å²) in [5.41, 5.74) is 0. The second-order valence-electron chi connectivity index (χ2n) is 4.03. The maximum atomic E-state index is 5.26. The molecule has 0 saturated carbocycles. The second kappa shape index (κ2) is 6.05. The van der Waals surface area contributed by atoms with Crippen molar-refractivity contribution in [1.82, 2.24) is 14.8 Å². The van der Waals surface area contributed by atoms with Gasteiger partial charge in [-0.15, -0.1) is 0 Å². The lowest BCUT2D eigenvalue weighted by molar-refractivity contribution is 0.406. The van der Waals surface area contributed by atoms with Gasteiger partial charge in [0, 0.05) is 6.04 Å². The Morgan fingerprint density at radius 1 is 1.33 bits per heavy atom. The fourth-order valence-electron chi connectivity index (χ4n) is 1.99. The van der Waals surface area contributed by atoms with Gasteiger partial charge in [-0.25, -0.2) is 0 Å². The highest BCUT2D eigenvalue weighted by Gasteiger charge is 2.13. The molecule has 1 aromatic rings. The molecule has 4 heteroatoms. The van der Waals surface area contributed by atoms with Gasteiger partial charge in [-0.3, -0.25) is 5.10 Å². The molecule has 3 nitrogen and oxygen atoms in total. The fourth-order valence-corrected chi connectivity index (χ4v) is 2.32. The number of hydrogen-bond donors (Lipinski definition) is 1. The van der Waals surface area contributed by atoms with E-state index in [4.69, 9.17) is 12.2 Å². The predicted molar refractivity (Wildman–Crippen MR) is 65.6 cm³/mol. The molecule has 0 spiro atoms. The molecule has 0 aliphatic rings. The maximum Gasteiger partial charge on any atom is 0.195 e. The largest absolute Gasteiger partial charge is 0.301 e. The molecular formula is C11H21N3S. The summed E-state index contributed by atoms with van der Waals surface area (Å²) in [6, 6.07) is 0.529. The molecule has 1 aromatic heterocycles. The van der Waals surface area contributed by atoms with Crippen LogP contribution in [-0.4, -0.2) is 14.8 Å². The zero-order valence-corrected chi connectivity index (χ0v) is 10.7. The Balaban J connectivity index is 2.83. The SMILES string of the molecule is CCCCC(CCC)n1c(C)n[nH]c1=S. The fraction of sp³-hybridized carbons (Fsp3) is 0.818. The molecule has 86 valence electrons. The van der Waals surface area contributed by atoms with Crippen LogP contribution in [0.5, 0.6) is 0 Å². The van der Waals surface area contributed by atoms with Gasteiger partial charge in [0.2, 0.25) is 0 Å². The van der Waals surface area contributed by atoms with Crippen LogP contribution in [0.4, 0.5) is 0 Å². The van der Waals surface area contributed by atoms with Crippen LogP contribution in [0.2, 0.25) is 0 Å². The molecule has 1 atom stereocenters. The number of aromatic nitrogens is 3. The summed E-state index contributed by atoms with van der Waals surface area (Å²) in [6.45, 7) is 6.46. The molecule has 0 amide bonds. The Hall–Kier alpha value is -0.640. The zero-order valence-electron chi connectivity index (χ0n) is 9.92. The van der Waals surface area contributed by atoms with Crippen molar-refractivity contribution in [2.75, 3.05) is 0 Å². The molecule has 1 unspecified atom stereocenters. The monoisotopic (exact) mass is 227 g/mol. The Bertz CT molecular complexity index is 340. The first kappa shape index (κ1) is 12.4. The average Bonchev–Trinajstić information content (AvgIpc) is 2.54. The molecule has 15 heavy (non-hydrogen) atoms. The number of hydrogen-bond acceptors (Lipinski definition) is 2. The maximum absolute atomic E-state index is 5.26. The summed E-state index contributed by atoms with van der Waals surface area (Å²) < 4.78 is 2.94. The summed E-state index contributed by atoms with van der Waals surface area (Å²) >= 11 is 5.26. The van der Waals surface area contributed by atoms with Crippen molar-refractivity contribution in [3.63, 3.8) is 0 Å².